The van der Waals surface area contributed by atoms with Crippen molar-refractivity contribution >= 4 is 69.2 Å². The van der Waals surface area contributed by atoms with Crippen molar-refractivity contribution in [2.45, 2.75) is 102 Å². The highest BCUT2D eigenvalue weighted by Gasteiger charge is 2.53. The second-order valence-corrected chi connectivity index (χ2v) is 17.2. The lowest BCUT2D eigenvalue weighted by Gasteiger charge is -2.44. The molecule has 5 amide bonds. The van der Waals surface area contributed by atoms with E-state index in [0.717, 1.165) is 56.1 Å². The van der Waals surface area contributed by atoms with Gasteiger partial charge in [0.1, 0.15) is 11.6 Å². The smallest absolute Gasteiger partial charge is 0.378 e. The number of aryl methyl sites for hydroxylation is 1. The van der Waals surface area contributed by atoms with Gasteiger partial charge in [0.25, 0.3) is 5.91 Å². The standard InChI is InChI=1S/C41H50F3N11O5S/c1-24-21-51(22-25(2)53(24)23-34(57)47-31-9-6-8-29-35(31)50(5)49-36(29)52-16-14-33(56)48-38(52)59)15-7-17-60-28-12-10-26(11-13-28)55-39(61)54(37(58)40(55,3)4)27-18-30(41(42,43)44)32(19-45)46-20-27/h6,8-9,18,20,24-26,28H,7,10-17,21-23H2,1-5H3,(H,47,57)(H,48,56,59)/t24-,25+,26?,28?. The van der Waals surface area contributed by atoms with Crippen LogP contribution < -0.4 is 20.4 Å². The fourth-order valence-corrected chi connectivity index (χ4v) is 9.81. The van der Waals surface area contributed by atoms with Crippen molar-refractivity contribution in [3.63, 3.8) is 0 Å². The number of alkyl halides is 3. The first-order valence-electron chi connectivity index (χ1n) is 20.5. The molecule has 3 aromatic rings. The van der Waals surface area contributed by atoms with Gasteiger partial charge >= 0.3 is 12.2 Å². The maximum Gasteiger partial charge on any atom is 0.419 e. The predicted molar refractivity (Wildman–Crippen MR) is 223 cm³/mol. The molecule has 20 heteroatoms. The van der Waals surface area contributed by atoms with Crippen LogP contribution in [0.4, 0.5) is 35.2 Å². The number of nitriles is 1. The number of imide groups is 1. The average Bonchev–Trinajstić information content (AvgIpc) is 3.62. The van der Waals surface area contributed by atoms with Crippen LogP contribution in [-0.4, -0.2) is 127 Å². The number of thiocarbonyl (C=S) groups is 1. The van der Waals surface area contributed by atoms with E-state index in [1.807, 2.05) is 17.0 Å². The van der Waals surface area contributed by atoms with Gasteiger partial charge in [-0.1, -0.05) is 6.07 Å². The van der Waals surface area contributed by atoms with Crippen LogP contribution >= 0.6 is 12.2 Å². The van der Waals surface area contributed by atoms with Gasteiger partial charge in [-0.15, -0.1) is 0 Å². The molecule has 61 heavy (non-hydrogen) atoms. The maximum atomic E-state index is 13.7. The summed E-state index contributed by atoms with van der Waals surface area (Å²) in [6.45, 7) is 11.1. The zero-order chi connectivity index (χ0) is 44.0. The molecule has 16 nitrogen and oxygen atoms in total. The summed E-state index contributed by atoms with van der Waals surface area (Å²) >= 11 is 5.72. The number of hydrogen-bond acceptors (Lipinski definition) is 11. The molecule has 0 unspecified atom stereocenters. The number of aromatic nitrogens is 3. The van der Waals surface area contributed by atoms with Crippen LogP contribution in [0.15, 0.2) is 30.5 Å². The Balaban J connectivity index is 0.861. The van der Waals surface area contributed by atoms with Gasteiger partial charge in [0, 0.05) is 69.8 Å². The number of benzene rings is 1. The van der Waals surface area contributed by atoms with E-state index in [2.05, 4.69) is 44.4 Å². The van der Waals surface area contributed by atoms with E-state index in [1.54, 1.807) is 31.6 Å². The van der Waals surface area contributed by atoms with E-state index in [4.69, 9.17) is 22.2 Å². The normalized spacial score (nSPS) is 24.1. The number of rotatable bonds is 11. The van der Waals surface area contributed by atoms with Crippen LogP contribution in [0.1, 0.15) is 77.5 Å². The third-order valence-electron chi connectivity index (χ3n) is 12.2. The number of hydrogen-bond donors (Lipinski definition) is 2. The molecular formula is C41H50F3N11O5S. The minimum Gasteiger partial charge on any atom is -0.378 e. The van der Waals surface area contributed by atoms with E-state index in [0.29, 0.717) is 41.9 Å². The highest BCUT2D eigenvalue weighted by molar-refractivity contribution is 7.80. The second kappa shape index (κ2) is 17.3. The summed E-state index contributed by atoms with van der Waals surface area (Å²) in [5.41, 5.74) is -1.95. The molecule has 7 rings (SSSR count). The monoisotopic (exact) mass is 865 g/mol. The molecule has 2 atom stereocenters. The summed E-state index contributed by atoms with van der Waals surface area (Å²) in [4.78, 5) is 64.0. The summed E-state index contributed by atoms with van der Waals surface area (Å²) in [6, 6.07) is 7.28. The van der Waals surface area contributed by atoms with Crippen molar-refractivity contribution in [3.05, 3.63) is 41.7 Å². The molecule has 4 aliphatic rings. The molecule has 5 heterocycles. The van der Waals surface area contributed by atoms with E-state index in [1.165, 1.54) is 11.0 Å². The van der Waals surface area contributed by atoms with Crippen LogP contribution in [0.2, 0.25) is 0 Å². The number of carbonyl (C=O) groups is 4. The van der Waals surface area contributed by atoms with Crippen molar-refractivity contribution in [1.29, 1.82) is 5.26 Å². The molecule has 1 aliphatic carbocycles. The largest absolute Gasteiger partial charge is 0.419 e. The van der Waals surface area contributed by atoms with Crippen molar-refractivity contribution in [3.8, 4) is 6.07 Å². The highest BCUT2D eigenvalue weighted by atomic mass is 32.1. The van der Waals surface area contributed by atoms with Crippen LogP contribution in [0, 0.1) is 11.3 Å². The first-order chi connectivity index (χ1) is 28.9. The van der Waals surface area contributed by atoms with Crippen molar-refractivity contribution in [1.82, 2.24) is 34.8 Å². The molecule has 0 bridgehead atoms. The Morgan fingerprint density at radius 3 is 2.48 bits per heavy atom. The molecule has 0 radical (unpaired) electrons. The number of ether oxygens (including phenoxy) is 1. The maximum absolute atomic E-state index is 13.7. The molecule has 4 fully saturated rings. The third kappa shape index (κ3) is 8.78. The number of piperazine rings is 1. The van der Waals surface area contributed by atoms with Crippen LogP contribution in [-0.2, 0) is 32.3 Å². The Labute approximate surface area is 356 Å². The molecule has 2 N–H and O–H groups in total. The molecule has 0 spiro atoms. The van der Waals surface area contributed by atoms with Gasteiger partial charge < -0.3 is 19.9 Å². The Hall–Kier alpha value is -5.23. The zero-order valence-electron chi connectivity index (χ0n) is 34.8. The summed E-state index contributed by atoms with van der Waals surface area (Å²) in [6.07, 6.45) is 0.166. The second-order valence-electron chi connectivity index (χ2n) is 16.8. The highest BCUT2D eigenvalue weighted by Crippen LogP contribution is 2.40. The summed E-state index contributed by atoms with van der Waals surface area (Å²) in [5, 5.41) is 19.9. The zero-order valence-corrected chi connectivity index (χ0v) is 35.6. The average molecular weight is 866 g/mol. The summed E-state index contributed by atoms with van der Waals surface area (Å²) in [5.74, 6) is -0.518. The molecule has 3 saturated heterocycles. The van der Waals surface area contributed by atoms with E-state index < -0.39 is 34.9 Å². The number of amides is 5. The number of fused-ring (bicyclic) bond motifs is 1. The van der Waals surface area contributed by atoms with E-state index in [-0.39, 0.29) is 66.4 Å². The number of pyridine rings is 1. The minimum absolute atomic E-state index is 0.0337. The topological polar surface area (TPSA) is 172 Å². The lowest BCUT2D eigenvalue weighted by atomic mass is 9.89. The first kappa shape index (κ1) is 43.8. The van der Waals surface area contributed by atoms with Crippen LogP contribution in [0.25, 0.3) is 10.9 Å². The van der Waals surface area contributed by atoms with Crippen molar-refractivity contribution in [2.24, 2.45) is 7.05 Å². The lowest BCUT2D eigenvalue weighted by molar-refractivity contribution is -0.138. The van der Waals surface area contributed by atoms with E-state index in [9.17, 15) is 32.3 Å². The molecule has 1 saturated carbocycles. The molecule has 1 aromatic carbocycles. The molecule has 2 aromatic heterocycles. The quantitative estimate of drug-likeness (QED) is 0.200. The SMILES string of the molecule is C[C@@H]1CN(CCCOC2CCC(N3C(=S)N(c4cnc(C#N)c(C(F)(F)F)c4)C(=O)C3(C)C)CC2)C[C@H](C)N1CC(=O)Nc1cccc2c(N3CCC(=O)NC3=O)nn(C)c12. The Kier molecular flexibility index (Phi) is 12.4. The predicted octanol–water partition coefficient (Wildman–Crippen LogP) is 4.77. The number of halogens is 3. The number of anilines is 3. The minimum atomic E-state index is -4.83. The number of nitrogens with one attached hydrogen (secondary N) is 2. The number of carbonyl (C=O) groups excluding carboxylic acids is 4. The van der Waals surface area contributed by atoms with Gasteiger partial charge in [0.15, 0.2) is 16.6 Å². The van der Waals surface area contributed by atoms with Gasteiger partial charge in [0.05, 0.1) is 41.3 Å². The number of urea groups is 1. The molecule has 326 valence electrons. The fourth-order valence-electron chi connectivity index (χ4n) is 9.24. The Morgan fingerprint density at radius 2 is 1.82 bits per heavy atom. The fraction of sp³-hybridized carbons (Fsp3) is 0.561. The third-order valence-corrected chi connectivity index (χ3v) is 12.6. The van der Waals surface area contributed by atoms with Gasteiger partial charge in [-0.2, -0.15) is 23.5 Å². The number of para-hydroxylation sites is 1. The first-order valence-corrected chi connectivity index (χ1v) is 20.9. The van der Waals surface area contributed by atoms with E-state index >= 15 is 0 Å². The summed E-state index contributed by atoms with van der Waals surface area (Å²) < 4.78 is 49.1. The lowest BCUT2D eigenvalue weighted by Crippen LogP contribution is -2.58. The Morgan fingerprint density at radius 1 is 1.11 bits per heavy atom. The molecule has 3 aliphatic heterocycles. The number of nitrogens with zero attached hydrogens (tertiary/aromatic N) is 9. The van der Waals surface area contributed by atoms with Gasteiger partial charge in [-0.25, -0.2) is 9.78 Å². The Bertz CT molecular complexity index is 2260. The van der Waals surface area contributed by atoms with Crippen LogP contribution in [0.5, 0.6) is 0 Å². The van der Waals surface area contributed by atoms with Gasteiger partial charge in [-0.05, 0) is 90.2 Å². The van der Waals surface area contributed by atoms with Gasteiger partial charge in [0.2, 0.25) is 11.8 Å². The van der Waals surface area contributed by atoms with Crippen molar-refractivity contribution in [2.75, 3.05) is 54.4 Å². The van der Waals surface area contributed by atoms with Crippen molar-refractivity contribution < 1.29 is 37.1 Å². The molecular weight excluding hydrogens is 816 g/mol. The summed E-state index contributed by atoms with van der Waals surface area (Å²) in [7, 11) is 1.75. The van der Waals surface area contributed by atoms with Gasteiger partial charge in [-0.3, -0.25) is 39.1 Å². The van der Waals surface area contributed by atoms with Crippen LogP contribution in [0.3, 0.4) is 0 Å².